The van der Waals surface area contributed by atoms with Crippen LogP contribution in [0.4, 0.5) is 5.82 Å². The molecule has 2 aromatic heterocycles. The summed E-state index contributed by atoms with van der Waals surface area (Å²) in [6, 6.07) is 6.85. The highest BCUT2D eigenvalue weighted by Gasteiger charge is 2.31. The molecule has 0 spiro atoms. The molecule has 0 bridgehead atoms. The number of halogens is 2. The van der Waals surface area contributed by atoms with E-state index in [1.807, 2.05) is 30.9 Å². The maximum absolute atomic E-state index is 13.1. The first-order chi connectivity index (χ1) is 14.7. The van der Waals surface area contributed by atoms with E-state index in [9.17, 15) is 8.42 Å². The van der Waals surface area contributed by atoms with Crippen LogP contribution < -0.4 is 4.90 Å². The van der Waals surface area contributed by atoms with Crippen molar-refractivity contribution in [2.45, 2.75) is 25.7 Å². The van der Waals surface area contributed by atoms with E-state index < -0.39 is 10.0 Å². The minimum Gasteiger partial charge on any atom is -0.354 e. The second-order valence-corrected chi connectivity index (χ2v) is 10.2. The highest BCUT2D eigenvalue weighted by atomic mass is 35.5. The lowest BCUT2D eigenvalue weighted by Gasteiger charge is -2.34. The minimum atomic E-state index is -3.72. The van der Waals surface area contributed by atoms with Crippen molar-refractivity contribution < 1.29 is 8.42 Å². The normalized spacial score (nSPS) is 15.5. The van der Waals surface area contributed by atoms with Gasteiger partial charge in [0.2, 0.25) is 10.0 Å². The first-order valence-corrected chi connectivity index (χ1v) is 11.9. The van der Waals surface area contributed by atoms with Gasteiger partial charge in [-0.15, -0.1) is 0 Å². The molecule has 11 heteroatoms. The van der Waals surface area contributed by atoms with Crippen LogP contribution in [0, 0.1) is 20.8 Å². The molecule has 0 unspecified atom stereocenters. The molecule has 0 aliphatic carbocycles. The first-order valence-electron chi connectivity index (χ1n) is 9.73. The highest BCUT2D eigenvalue weighted by molar-refractivity contribution is 7.89. The van der Waals surface area contributed by atoms with Crippen LogP contribution >= 0.6 is 23.2 Å². The van der Waals surface area contributed by atoms with Crippen molar-refractivity contribution in [3.8, 4) is 5.82 Å². The second kappa shape index (κ2) is 8.38. The zero-order valence-corrected chi connectivity index (χ0v) is 19.7. The number of hydrogen-bond acceptors (Lipinski definition) is 6. The van der Waals surface area contributed by atoms with Gasteiger partial charge in [0, 0.05) is 43.0 Å². The van der Waals surface area contributed by atoms with Gasteiger partial charge >= 0.3 is 0 Å². The zero-order chi connectivity index (χ0) is 22.3. The van der Waals surface area contributed by atoms with Crippen LogP contribution in [0.3, 0.4) is 0 Å². The monoisotopic (exact) mass is 480 g/mol. The zero-order valence-electron chi connectivity index (χ0n) is 17.4. The Morgan fingerprint density at radius 2 is 1.55 bits per heavy atom. The van der Waals surface area contributed by atoms with Crippen LogP contribution in [-0.4, -0.2) is 58.7 Å². The summed E-state index contributed by atoms with van der Waals surface area (Å²) in [6.07, 6.45) is 1.50. The lowest BCUT2D eigenvalue weighted by molar-refractivity contribution is 0.383. The molecule has 0 amide bonds. The maximum Gasteiger partial charge on any atom is 0.244 e. The van der Waals surface area contributed by atoms with Crippen molar-refractivity contribution in [3.63, 3.8) is 0 Å². The number of benzene rings is 1. The van der Waals surface area contributed by atoms with Crippen LogP contribution in [0.2, 0.25) is 10.0 Å². The average Bonchev–Trinajstić information content (AvgIpc) is 3.09. The van der Waals surface area contributed by atoms with Crippen molar-refractivity contribution >= 4 is 39.0 Å². The molecule has 0 radical (unpaired) electrons. The third-order valence-corrected chi connectivity index (χ3v) is 8.03. The van der Waals surface area contributed by atoms with Gasteiger partial charge in [-0.3, -0.25) is 0 Å². The Labute approximate surface area is 191 Å². The Morgan fingerprint density at radius 1 is 0.871 bits per heavy atom. The van der Waals surface area contributed by atoms with Crippen molar-refractivity contribution in [3.05, 3.63) is 57.6 Å². The Balaban J connectivity index is 1.52. The Hall–Kier alpha value is -2.20. The third kappa shape index (κ3) is 4.27. The molecule has 3 heterocycles. The second-order valence-electron chi connectivity index (χ2n) is 7.50. The molecule has 164 valence electrons. The van der Waals surface area contributed by atoms with Crippen LogP contribution in [-0.2, 0) is 10.0 Å². The molecular formula is C20H22Cl2N6O2S. The van der Waals surface area contributed by atoms with Gasteiger partial charge in [0.1, 0.15) is 17.0 Å². The van der Waals surface area contributed by atoms with E-state index in [1.54, 1.807) is 11.6 Å². The van der Waals surface area contributed by atoms with Gasteiger partial charge in [-0.25, -0.2) is 23.1 Å². The van der Waals surface area contributed by atoms with Crippen molar-refractivity contribution in [2.24, 2.45) is 0 Å². The van der Waals surface area contributed by atoms with Crippen molar-refractivity contribution in [1.82, 2.24) is 24.1 Å². The Kier molecular flexibility index (Phi) is 5.95. The number of sulfonamides is 1. The molecule has 1 fully saturated rings. The molecule has 4 rings (SSSR count). The third-order valence-electron chi connectivity index (χ3n) is 5.26. The largest absolute Gasteiger partial charge is 0.354 e. The quantitative estimate of drug-likeness (QED) is 0.568. The Morgan fingerprint density at radius 3 is 2.19 bits per heavy atom. The summed E-state index contributed by atoms with van der Waals surface area (Å²) in [7, 11) is -3.72. The molecule has 0 N–H and O–H groups in total. The number of rotatable bonds is 4. The van der Waals surface area contributed by atoms with E-state index in [1.165, 1.54) is 22.8 Å². The molecule has 0 atom stereocenters. The molecular weight excluding hydrogens is 459 g/mol. The predicted octanol–water partition coefficient (Wildman–Crippen LogP) is 3.41. The smallest absolute Gasteiger partial charge is 0.244 e. The number of nitrogens with zero attached hydrogens (tertiary/aromatic N) is 6. The first kappa shape index (κ1) is 22.0. The number of aryl methyl sites for hydroxylation is 3. The molecule has 8 nitrogen and oxygen atoms in total. The Bertz CT molecular complexity index is 1240. The molecule has 0 saturated carbocycles. The van der Waals surface area contributed by atoms with E-state index >= 15 is 0 Å². The summed E-state index contributed by atoms with van der Waals surface area (Å²) in [5, 5.41) is 5.03. The number of piperazine rings is 1. The van der Waals surface area contributed by atoms with Crippen molar-refractivity contribution in [2.75, 3.05) is 31.1 Å². The number of hydrogen-bond donors (Lipinski definition) is 0. The summed E-state index contributed by atoms with van der Waals surface area (Å²) >= 11 is 12.3. The van der Waals surface area contributed by atoms with Gasteiger partial charge in [-0.05, 0) is 44.5 Å². The predicted molar refractivity (Wildman–Crippen MR) is 121 cm³/mol. The molecule has 3 aromatic rings. The lowest BCUT2D eigenvalue weighted by Crippen LogP contribution is -2.49. The fraction of sp³-hybridized carbons (Fsp3) is 0.350. The average molecular weight is 481 g/mol. The van der Waals surface area contributed by atoms with Crippen molar-refractivity contribution in [1.29, 1.82) is 0 Å². The minimum absolute atomic E-state index is 0.0818. The summed E-state index contributed by atoms with van der Waals surface area (Å²) in [5.41, 5.74) is 2.56. The van der Waals surface area contributed by atoms with Crippen LogP contribution in [0.25, 0.3) is 5.82 Å². The van der Waals surface area contributed by atoms with Gasteiger partial charge in [0.05, 0.1) is 10.7 Å². The molecule has 1 aromatic carbocycles. The summed E-state index contributed by atoms with van der Waals surface area (Å²) < 4.78 is 29.5. The molecule has 1 aliphatic rings. The fourth-order valence-electron chi connectivity index (χ4n) is 3.61. The van der Waals surface area contributed by atoms with Crippen LogP contribution in [0.1, 0.15) is 17.0 Å². The molecule has 1 saturated heterocycles. The topological polar surface area (TPSA) is 84.2 Å². The van der Waals surface area contributed by atoms with E-state index in [0.29, 0.717) is 42.6 Å². The van der Waals surface area contributed by atoms with E-state index in [4.69, 9.17) is 23.2 Å². The van der Waals surface area contributed by atoms with E-state index in [0.717, 1.165) is 17.2 Å². The maximum atomic E-state index is 13.1. The lowest BCUT2D eigenvalue weighted by atomic mass is 10.2. The highest BCUT2D eigenvalue weighted by Crippen LogP contribution is 2.31. The van der Waals surface area contributed by atoms with Gasteiger partial charge in [0.25, 0.3) is 0 Å². The SMILES string of the molecule is Cc1cc(C)n(-c2cc(N3CCN(S(=O)(=O)c4cc(C)c(Cl)cc4Cl)CC3)ncn2)n1. The molecule has 31 heavy (non-hydrogen) atoms. The number of aromatic nitrogens is 4. The summed E-state index contributed by atoms with van der Waals surface area (Å²) in [5.74, 6) is 1.41. The van der Waals surface area contributed by atoms with Gasteiger partial charge < -0.3 is 4.90 Å². The van der Waals surface area contributed by atoms with E-state index in [-0.39, 0.29) is 9.92 Å². The van der Waals surface area contributed by atoms with Gasteiger partial charge in [-0.2, -0.15) is 9.40 Å². The van der Waals surface area contributed by atoms with E-state index in [2.05, 4.69) is 15.1 Å². The van der Waals surface area contributed by atoms with Gasteiger partial charge in [-0.1, -0.05) is 23.2 Å². The van der Waals surface area contributed by atoms with Crippen LogP contribution in [0.5, 0.6) is 0 Å². The fourth-order valence-corrected chi connectivity index (χ4v) is 5.84. The van der Waals surface area contributed by atoms with Crippen LogP contribution in [0.15, 0.2) is 35.5 Å². The standard InChI is InChI=1S/C20H22Cl2N6O2S/c1-13-8-18(17(22)10-16(13)21)31(29,30)27-6-4-26(5-7-27)19-11-20(24-12-23-19)28-15(3)9-14(2)25-28/h8-12H,4-7H2,1-3H3. The van der Waals surface area contributed by atoms with Gasteiger partial charge in [0.15, 0.2) is 5.82 Å². The summed E-state index contributed by atoms with van der Waals surface area (Å²) in [4.78, 5) is 10.8. The molecule has 1 aliphatic heterocycles. The number of anilines is 1. The summed E-state index contributed by atoms with van der Waals surface area (Å²) in [6.45, 7) is 7.28.